The van der Waals surface area contributed by atoms with E-state index in [2.05, 4.69) is 53.2 Å². The van der Waals surface area contributed by atoms with Crippen molar-refractivity contribution in [1.82, 2.24) is 53.2 Å². The summed E-state index contributed by atoms with van der Waals surface area (Å²) in [7, 11) is 0. The monoisotopic (exact) mass is 1250 g/mol. The van der Waals surface area contributed by atoms with Gasteiger partial charge in [0.05, 0.1) is 12.5 Å². The fourth-order valence-electron chi connectivity index (χ4n) is 8.57. The normalized spacial score (nSPS) is 15.0. The average Bonchev–Trinajstić information content (AvgIpc) is 3.48. The highest BCUT2D eigenvalue weighted by molar-refractivity contribution is 6.00. The number of carbonyl (C=O) groups excluding carboxylic acids is 11. The topological polar surface area (TPSA) is 524 Å². The minimum Gasteiger partial charge on any atom is -0.481 e. The highest BCUT2D eigenvalue weighted by Gasteiger charge is 2.38. The zero-order chi connectivity index (χ0) is 67.0. The van der Waals surface area contributed by atoms with E-state index in [0.717, 1.165) is 0 Å². The van der Waals surface area contributed by atoms with Gasteiger partial charge in [-0.2, -0.15) is 0 Å². The van der Waals surface area contributed by atoms with Crippen LogP contribution in [0, 0.1) is 11.8 Å². The Kier molecular flexibility index (Phi) is 34.8. The van der Waals surface area contributed by atoms with E-state index < -0.39 is 187 Å². The Morgan fingerprint density at radius 3 is 1.44 bits per heavy atom. The summed E-state index contributed by atoms with van der Waals surface area (Å²) in [5.74, 6) is -14.9. The van der Waals surface area contributed by atoms with Crippen molar-refractivity contribution in [3.8, 4) is 0 Å². The van der Waals surface area contributed by atoms with Crippen LogP contribution in [0.3, 0.4) is 0 Å². The molecule has 0 saturated heterocycles. The fraction of sp³-hybridized carbons (Fsp3) is 0.649. The molecule has 0 aromatic heterocycles. The molecule has 0 aliphatic rings. The van der Waals surface area contributed by atoms with Crippen molar-refractivity contribution >= 4 is 82.9 Å². The fourth-order valence-corrected chi connectivity index (χ4v) is 8.57. The van der Waals surface area contributed by atoms with Crippen molar-refractivity contribution < 1.29 is 82.4 Å². The van der Waals surface area contributed by atoms with Gasteiger partial charge in [-0.3, -0.25) is 62.3 Å². The summed E-state index contributed by atoms with van der Waals surface area (Å²) >= 11 is 0. The van der Waals surface area contributed by atoms with E-state index in [9.17, 15) is 77.3 Å². The van der Waals surface area contributed by atoms with Crippen LogP contribution >= 0.6 is 0 Å². The van der Waals surface area contributed by atoms with E-state index in [0.29, 0.717) is 31.2 Å². The number of carboxylic acids is 3. The van der Waals surface area contributed by atoms with Crippen LogP contribution in [0.1, 0.15) is 144 Å². The summed E-state index contributed by atoms with van der Waals surface area (Å²) in [6.07, 6.45) is -0.994. The van der Waals surface area contributed by atoms with Gasteiger partial charge in [-0.25, -0.2) is 4.79 Å². The van der Waals surface area contributed by atoms with E-state index in [-0.39, 0.29) is 51.1 Å². The van der Waals surface area contributed by atoms with E-state index in [1.165, 1.54) is 27.7 Å². The van der Waals surface area contributed by atoms with E-state index >= 15 is 0 Å². The van der Waals surface area contributed by atoms with Crippen LogP contribution in [0.2, 0.25) is 0 Å². The first-order valence-electron chi connectivity index (χ1n) is 29.4. The molecular formula is C57H94N14O17. The molecule has 0 bridgehead atoms. The van der Waals surface area contributed by atoms with Crippen LogP contribution in [0.15, 0.2) is 30.3 Å². The summed E-state index contributed by atoms with van der Waals surface area (Å²) in [6.45, 7) is 12.4. The highest BCUT2D eigenvalue weighted by Crippen LogP contribution is 2.14. The van der Waals surface area contributed by atoms with Crippen LogP contribution in [0.5, 0.6) is 0 Å². The summed E-state index contributed by atoms with van der Waals surface area (Å²) in [4.78, 5) is 184. The van der Waals surface area contributed by atoms with Crippen molar-refractivity contribution in [2.75, 3.05) is 13.1 Å². The molecule has 494 valence electrons. The number of unbranched alkanes of at least 4 members (excludes halogenated alkanes) is 2. The lowest BCUT2D eigenvalue weighted by Crippen LogP contribution is -2.63. The van der Waals surface area contributed by atoms with Crippen LogP contribution in [0.25, 0.3) is 0 Å². The van der Waals surface area contributed by atoms with Gasteiger partial charge >= 0.3 is 17.9 Å². The molecule has 0 aliphatic carbocycles. The predicted molar refractivity (Wildman–Crippen MR) is 319 cm³/mol. The summed E-state index contributed by atoms with van der Waals surface area (Å²) in [5.41, 5.74) is 21.4. The van der Waals surface area contributed by atoms with Gasteiger partial charge in [-0.05, 0) is 116 Å². The number of hydrogen-bond acceptors (Lipinski definition) is 17. The summed E-state index contributed by atoms with van der Waals surface area (Å²) in [6, 6.07) is -5.85. The molecule has 21 N–H and O–H groups in total. The van der Waals surface area contributed by atoms with Crippen LogP contribution in [-0.4, -0.2) is 177 Å². The van der Waals surface area contributed by atoms with Gasteiger partial charge in [0.1, 0.15) is 59.9 Å². The molecule has 0 aliphatic heterocycles. The molecule has 0 spiro atoms. The number of primary amides is 1. The molecular weight excluding hydrogens is 1150 g/mol. The molecule has 31 nitrogen and oxygen atoms in total. The first-order chi connectivity index (χ1) is 41.2. The molecule has 0 saturated carbocycles. The molecule has 31 heteroatoms. The number of amides is 11. The third-order valence-electron chi connectivity index (χ3n) is 14.0. The first-order valence-corrected chi connectivity index (χ1v) is 29.4. The lowest BCUT2D eigenvalue weighted by Gasteiger charge is -2.30. The smallest absolute Gasteiger partial charge is 0.326 e. The Morgan fingerprint density at radius 2 is 0.955 bits per heavy atom. The number of hydrogen-bond donors (Lipinski definition) is 17. The first kappa shape index (κ1) is 77.7. The van der Waals surface area contributed by atoms with Gasteiger partial charge in [-0.15, -0.1) is 0 Å². The molecule has 0 unspecified atom stereocenters. The van der Waals surface area contributed by atoms with Crippen molar-refractivity contribution in [2.24, 2.45) is 34.8 Å². The van der Waals surface area contributed by atoms with Crippen LogP contribution < -0.4 is 76.1 Å². The zero-order valence-corrected chi connectivity index (χ0v) is 51.5. The van der Waals surface area contributed by atoms with Crippen molar-refractivity contribution in [3.05, 3.63) is 35.9 Å². The minimum absolute atomic E-state index is 0.0104. The molecule has 0 heterocycles. The number of nitrogens with one attached hydrogen (secondary N) is 10. The number of carboxylic acid groups (broad SMARTS) is 3. The molecule has 11 atom stereocenters. The van der Waals surface area contributed by atoms with Crippen LogP contribution in [0.4, 0.5) is 0 Å². The maximum absolute atomic E-state index is 14.0. The van der Waals surface area contributed by atoms with Gasteiger partial charge < -0.3 is 91.4 Å². The number of aliphatic carboxylic acids is 3. The zero-order valence-electron chi connectivity index (χ0n) is 51.5. The number of rotatable bonds is 43. The Hall–Kier alpha value is -8.32. The predicted octanol–water partition coefficient (Wildman–Crippen LogP) is -3.11. The molecule has 11 amide bonds. The lowest BCUT2D eigenvalue weighted by atomic mass is 9.96. The quantitative estimate of drug-likeness (QED) is 0.0288. The number of nitrogens with two attached hydrogens (primary N) is 4. The molecule has 1 aromatic carbocycles. The molecule has 0 radical (unpaired) electrons. The largest absolute Gasteiger partial charge is 0.481 e. The third kappa shape index (κ3) is 29.4. The minimum atomic E-state index is -1.88. The molecule has 1 aromatic rings. The molecule has 0 fully saturated rings. The van der Waals surface area contributed by atoms with Crippen LogP contribution in [-0.2, 0) is 73.5 Å². The SMILES string of the molecule is CC[C@H](C)[C@H](NC(=O)[C@H](Cc1ccccc1)NC(=O)[C@H](C)NC(=O)C(C)(C)NC(=O)[C@H](CCC(N)=O)NC(=O)[C@H](C)NC(=O)[C@H](CCCCN)NC(=O)[C@H](CCCCN)NC(=O)[C@H](CC(=O)O)NC(=O)[C@@H](N)CC(C)C)C(=O)N[C@@H](CCC(=O)O)C(=O)O. The van der Waals surface area contributed by atoms with E-state index in [1.54, 1.807) is 44.2 Å². The lowest BCUT2D eigenvalue weighted by molar-refractivity contribution is -0.144. The summed E-state index contributed by atoms with van der Waals surface area (Å²) < 4.78 is 0. The van der Waals surface area contributed by atoms with Gasteiger partial charge in [-0.1, -0.05) is 64.4 Å². The summed E-state index contributed by atoms with van der Waals surface area (Å²) in [5, 5.41) is 53.1. The van der Waals surface area contributed by atoms with Gasteiger partial charge in [0.25, 0.3) is 0 Å². The maximum atomic E-state index is 14.0. The van der Waals surface area contributed by atoms with E-state index in [4.69, 9.17) is 28.0 Å². The second kappa shape index (κ2) is 39.5. The maximum Gasteiger partial charge on any atom is 0.326 e. The average molecular weight is 1250 g/mol. The van der Waals surface area contributed by atoms with Crippen molar-refractivity contribution in [2.45, 2.75) is 211 Å². The van der Waals surface area contributed by atoms with E-state index in [1.807, 2.05) is 13.8 Å². The van der Waals surface area contributed by atoms with Gasteiger partial charge in [0.2, 0.25) is 65.0 Å². The molecule has 1 rings (SSSR count). The Balaban J connectivity index is 3.36. The van der Waals surface area contributed by atoms with Gasteiger partial charge in [0, 0.05) is 19.3 Å². The highest BCUT2D eigenvalue weighted by atomic mass is 16.4. The van der Waals surface area contributed by atoms with Crippen molar-refractivity contribution in [3.63, 3.8) is 0 Å². The number of benzene rings is 1. The van der Waals surface area contributed by atoms with Gasteiger partial charge in [0.15, 0.2) is 0 Å². The Bertz CT molecular complexity index is 2560. The third-order valence-corrected chi connectivity index (χ3v) is 14.0. The Morgan fingerprint density at radius 1 is 0.500 bits per heavy atom. The standard InChI is InChI=1S/C57H94N14O17/c1-9-31(4)45(54(85)67-39(55(86)87)22-24-43(73)74)70-52(83)40(28-34-17-11-10-12-18-34)68-47(78)33(6)63-56(88)57(7,8)71-53(84)38(21-23-42(61)72)64-46(77)32(5)62-49(80)36(19-13-15-25-58)65-50(81)37(20-14-16-26-59)66-51(82)41(29-44(75)76)69-48(79)35(60)27-30(2)3/h10-12,17-18,30-33,35-41,45H,9,13-16,19-29,58-60H2,1-8H3,(H2,61,72)(H,62,80)(H,63,88)(H,64,77)(H,65,81)(H,66,82)(H,67,85)(H,68,78)(H,69,79)(H,70,83)(H,71,84)(H,73,74)(H,75,76)(H,86,87)/t31-,32-,33-,35-,36-,37-,38-,39-,40-,41-,45-/m0/s1. The second-order valence-corrected chi connectivity index (χ2v) is 22.6. The van der Waals surface area contributed by atoms with Crippen molar-refractivity contribution in [1.29, 1.82) is 0 Å². The second-order valence-electron chi connectivity index (χ2n) is 22.6. The number of carbonyl (C=O) groups is 14. The molecule has 88 heavy (non-hydrogen) atoms. The Labute approximate surface area is 512 Å².